The molecule has 220 valence electrons. The molecule has 3 heterocycles. The number of rotatable bonds is 3. The molecule has 2 aromatic carbocycles. The van der Waals surface area contributed by atoms with Gasteiger partial charge in [0, 0.05) is 46.4 Å². The highest BCUT2D eigenvalue weighted by Gasteiger charge is 2.36. The fourth-order valence-corrected chi connectivity index (χ4v) is 6.07. The molecule has 3 amide bonds. The second-order valence-corrected chi connectivity index (χ2v) is 11.6. The Kier molecular flexibility index (Phi) is 8.98. The van der Waals surface area contributed by atoms with Crippen molar-refractivity contribution in [3.8, 4) is 11.3 Å². The van der Waals surface area contributed by atoms with Crippen LogP contribution < -0.4 is 10.6 Å². The second kappa shape index (κ2) is 12.7. The van der Waals surface area contributed by atoms with Gasteiger partial charge in [0.1, 0.15) is 11.9 Å². The standard InChI is InChI=1S/C30H29BrClFN4O5/c1-16-4-3-5-24(37-13-11-25(42-30(37)40)26-20(31)8-9-21(32)27(26)33)17-10-12-34-22(14-17)19-7-6-18(35-29(39)41-2)15-23(19)36-28(16)38/h6-10,12,14-16,24-25H,3-5,11,13H2,1-2H3,(H,35,39)(H,36,38)/t16-,24+,25?/m1/s1. The number of nitrogens with zero attached hydrogens (tertiary/aromatic N) is 2. The summed E-state index contributed by atoms with van der Waals surface area (Å²) in [6.45, 7) is 2.18. The molecule has 3 aromatic rings. The van der Waals surface area contributed by atoms with E-state index in [4.69, 9.17) is 21.1 Å². The third-order valence-corrected chi connectivity index (χ3v) is 8.59. The molecule has 0 aliphatic carbocycles. The van der Waals surface area contributed by atoms with Gasteiger partial charge in [-0.05, 0) is 60.9 Å². The highest BCUT2D eigenvalue weighted by atomic mass is 79.9. The minimum Gasteiger partial charge on any atom is -0.453 e. The topological polar surface area (TPSA) is 110 Å². The lowest BCUT2D eigenvalue weighted by Gasteiger charge is -2.38. The first-order valence-electron chi connectivity index (χ1n) is 13.5. The average Bonchev–Trinajstić information content (AvgIpc) is 2.97. The Morgan fingerprint density at radius 1 is 1.19 bits per heavy atom. The summed E-state index contributed by atoms with van der Waals surface area (Å²) in [7, 11) is 1.27. The minimum atomic E-state index is -0.788. The van der Waals surface area contributed by atoms with Gasteiger partial charge in [0.2, 0.25) is 5.91 Å². The molecule has 1 aromatic heterocycles. The van der Waals surface area contributed by atoms with Gasteiger partial charge in [-0.2, -0.15) is 0 Å². The molecular formula is C30H29BrClFN4O5. The van der Waals surface area contributed by atoms with Crippen LogP contribution in [0.15, 0.2) is 53.1 Å². The number of carbonyl (C=O) groups is 3. The number of amides is 3. The van der Waals surface area contributed by atoms with Crippen LogP contribution in [0.3, 0.4) is 0 Å². The third kappa shape index (κ3) is 6.22. The van der Waals surface area contributed by atoms with Crippen LogP contribution in [0.2, 0.25) is 5.02 Å². The molecule has 42 heavy (non-hydrogen) atoms. The summed E-state index contributed by atoms with van der Waals surface area (Å²) in [5, 5.41) is 5.56. The summed E-state index contributed by atoms with van der Waals surface area (Å²) in [6.07, 6.45) is 1.89. The maximum absolute atomic E-state index is 14.9. The van der Waals surface area contributed by atoms with Gasteiger partial charge in [0.15, 0.2) is 0 Å². The number of aromatic nitrogens is 1. The van der Waals surface area contributed by atoms with Crippen LogP contribution in [0.25, 0.3) is 11.3 Å². The van der Waals surface area contributed by atoms with E-state index in [-0.39, 0.29) is 28.5 Å². The van der Waals surface area contributed by atoms with Crippen molar-refractivity contribution in [3.05, 3.63) is 75.1 Å². The van der Waals surface area contributed by atoms with Gasteiger partial charge in [0.05, 0.1) is 29.6 Å². The summed E-state index contributed by atoms with van der Waals surface area (Å²) in [6, 6.07) is 11.6. The van der Waals surface area contributed by atoms with Crippen LogP contribution in [0.1, 0.15) is 55.9 Å². The van der Waals surface area contributed by atoms with Crippen LogP contribution in [0.4, 0.5) is 25.4 Å². The maximum Gasteiger partial charge on any atom is 0.411 e. The quantitative estimate of drug-likeness (QED) is 0.277. The van der Waals surface area contributed by atoms with Crippen molar-refractivity contribution in [3.63, 3.8) is 0 Å². The molecule has 3 atom stereocenters. The number of carbonyl (C=O) groups excluding carboxylic acids is 3. The Morgan fingerprint density at radius 3 is 2.76 bits per heavy atom. The molecule has 1 unspecified atom stereocenters. The van der Waals surface area contributed by atoms with E-state index in [1.807, 2.05) is 19.1 Å². The lowest BCUT2D eigenvalue weighted by molar-refractivity contribution is -0.119. The van der Waals surface area contributed by atoms with Crippen LogP contribution in [-0.2, 0) is 14.3 Å². The van der Waals surface area contributed by atoms with Gasteiger partial charge in [0.25, 0.3) is 0 Å². The number of benzene rings is 2. The van der Waals surface area contributed by atoms with E-state index in [0.29, 0.717) is 59.3 Å². The van der Waals surface area contributed by atoms with Gasteiger partial charge in [-0.3, -0.25) is 15.1 Å². The molecule has 5 rings (SSSR count). The first-order chi connectivity index (χ1) is 20.2. The van der Waals surface area contributed by atoms with Gasteiger partial charge < -0.3 is 19.7 Å². The molecular weight excluding hydrogens is 631 g/mol. The van der Waals surface area contributed by atoms with Gasteiger partial charge in [-0.25, -0.2) is 14.0 Å². The van der Waals surface area contributed by atoms with Gasteiger partial charge >= 0.3 is 12.2 Å². The predicted molar refractivity (Wildman–Crippen MR) is 160 cm³/mol. The zero-order valence-corrected chi connectivity index (χ0v) is 25.3. The van der Waals surface area contributed by atoms with Crippen LogP contribution >= 0.6 is 27.5 Å². The fraction of sp³-hybridized carbons (Fsp3) is 0.333. The van der Waals surface area contributed by atoms with E-state index in [0.717, 1.165) is 5.56 Å². The number of hydrogen-bond donors (Lipinski definition) is 2. The Hall–Kier alpha value is -3.70. The second-order valence-electron chi connectivity index (χ2n) is 10.3. The first kappa shape index (κ1) is 29.8. The zero-order chi connectivity index (χ0) is 30.0. The number of ether oxygens (including phenoxy) is 2. The molecule has 0 saturated carbocycles. The van der Waals surface area contributed by atoms with E-state index < -0.39 is 24.1 Å². The van der Waals surface area contributed by atoms with Crippen molar-refractivity contribution in [2.24, 2.45) is 5.92 Å². The zero-order valence-electron chi connectivity index (χ0n) is 23.0. The number of halogens is 3. The van der Waals surface area contributed by atoms with E-state index >= 15 is 0 Å². The molecule has 1 fully saturated rings. The fourth-order valence-electron chi connectivity index (χ4n) is 5.35. The SMILES string of the molecule is COC(=O)Nc1ccc2c(c1)NC(=O)[C@H](C)CCC[C@H](N1CCC(c3c(Br)ccc(Cl)c3F)OC1=O)c1ccnc-2c1. The number of pyridine rings is 1. The Balaban J connectivity index is 1.48. The third-order valence-electron chi connectivity index (χ3n) is 7.60. The lowest BCUT2D eigenvalue weighted by Crippen LogP contribution is -2.42. The average molecular weight is 660 g/mol. The molecule has 0 radical (unpaired) electrons. The summed E-state index contributed by atoms with van der Waals surface area (Å²) in [4.78, 5) is 44.5. The Labute approximate surface area is 255 Å². The van der Waals surface area contributed by atoms with Gasteiger partial charge in [-0.1, -0.05) is 40.9 Å². The Bertz CT molecular complexity index is 1540. The monoisotopic (exact) mass is 658 g/mol. The van der Waals surface area contributed by atoms with Gasteiger partial charge in [-0.15, -0.1) is 0 Å². The van der Waals surface area contributed by atoms with Crippen molar-refractivity contribution in [1.82, 2.24) is 9.88 Å². The largest absolute Gasteiger partial charge is 0.453 e. The van der Waals surface area contributed by atoms with Crippen molar-refractivity contribution in [1.29, 1.82) is 0 Å². The first-order valence-corrected chi connectivity index (χ1v) is 14.7. The minimum absolute atomic E-state index is 0.0399. The van der Waals surface area contributed by atoms with Crippen molar-refractivity contribution in [2.45, 2.75) is 44.8 Å². The van der Waals surface area contributed by atoms with E-state index in [1.165, 1.54) is 13.2 Å². The molecule has 12 heteroatoms. The molecule has 9 nitrogen and oxygen atoms in total. The number of fused-ring (bicyclic) bond motifs is 4. The number of hydrogen-bond acceptors (Lipinski definition) is 6. The highest BCUT2D eigenvalue weighted by molar-refractivity contribution is 9.10. The van der Waals surface area contributed by atoms with E-state index in [2.05, 4.69) is 31.5 Å². The number of methoxy groups -OCH3 is 1. The predicted octanol–water partition coefficient (Wildman–Crippen LogP) is 7.87. The summed E-state index contributed by atoms with van der Waals surface area (Å²) < 4.78 is 25.8. The van der Waals surface area contributed by atoms with Crippen LogP contribution in [-0.4, -0.2) is 41.6 Å². The normalized spacial score (nSPS) is 20.8. The molecule has 2 N–H and O–H groups in total. The molecule has 1 saturated heterocycles. The van der Waals surface area contributed by atoms with E-state index in [1.54, 1.807) is 35.4 Å². The molecule has 2 aliphatic heterocycles. The molecule has 2 aliphatic rings. The molecule has 2 bridgehead atoms. The van der Waals surface area contributed by atoms with Crippen molar-refractivity contribution >= 4 is 57.0 Å². The molecule has 0 spiro atoms. The lowest BCUT2D eigenvalue weighted by atomic mass is 9.93. The number of cyclic esters (lactones) is 1. The summed E-state index contributed by atoms with van der Waals surface area (Å²) in [5.41, 5.74) is 3.24. The highest BCUT2D eigenvalue weighted by Crippen LogP contribution is 2.40. The van der Waals surface area contributed by atoms with Crippen molar-refractivity contribution < 1.29 is 28.2 Å². The van der Waals surface area contributed by atoms with Crippen molar-refractivity contribution in [2.75, 3.05) is 24.3 Å². The number of nitrogens with one attached hydrogen (secondary N) is 2. The van der Waals surface area contributed by atoms with Crippen LogP contribution in [0, 0.1) is 11.7 Å². The van der Waals surface area contributed by atoms with E-state index in [9.17, 15) is 18.8 Å². The summed E-state index contributed by atoms with van der Waals surface area (Å²) >= 11 is 9.37. The summed E-state index contributed by atoms with van der Waals surface area (Å²) in [5.74, 6) is -1.10. The number of anilines is 2. The maximum atomic E-state index is 14.9. The van der Waals surface area contributed by atoms with Crippen LogP contribution in [0.5, 0.6) is 0 Å². The Morgan fingerprint density at radius 2 is 2.00 bits per heavy atom. The smallest absolute Gasteiger partial charge is 0.411 e.